The Labute approximate surface area is 121 Å². The zero-order valence-corrected chi connectivity index (χ0v) is 12.8. The summed E-state index contributed by atoms with van der Waals surface area (Å²) in [4.78, 5) is 0.956. The normalized spacial score (nSPS) is 22.9. The molecular formula is C12H18F2N2O2S2. The van der Waals surface area contributed by atoms with E-state index in [1.807, 2.05) is 6.92 Å². The highest BCUT2D eigenvalue weighted by atomic mass is 32.2. The number of alkyl halides is 2. The topological polar surface area (TPSA) is 58.2 Å². The molecule has 0 spiro atoms. The number of sulfonamides is 1. The summed E-state index contributed by atoms with van der Waals surface area (Å²) in [7, 11) is -3.68. The number of hydrogen-bond acceptors (Lipinski definition) is 4. The van der Waals surface area contributed by atoms with Crippen molar-refractivity contribution in [2.45, 2.75) is 29.9 Å². The maximum atomic E-state index is 13.6. The van der Waals surface area contributed by atoms with Gasteiger partial charge in [0.1, 0.15) is 4.21 Å². The van der Waals surface area contributed by atoms with E-state index < -0.39 is 28.4 Å². The Kier molecular flexibility index (Phi) is 4.78. The van der Waals surface area contributed by atoms with E-state index in [1.165, 1.54) is 17.4 Å². The molecule has 1 fully saturated rings. The molecule has 1 saturated heterocycles. The zero-order valence-electron chi connectivity index (χ0n) is 11.2. The Morgan fingerprint density at radius 1 is 1.50 bits per heavy atom. The Balaban J connectivity index is 2.02. The lowest BCUT2D eigenvalue weighted by atomic mass is 9.94. The summed E-state index contributed by atoms with van der Waals surface area (Å²) in [5, 5.41) is 2.62. The molecule has 1 atom stereocenters. The molecule has 1 unspecified atom stereocenters. The van der Waals surface area contributed by atoms with Crippen molar-refractivity contribution in [3.8, 4) is 0 Å². The summed E-state index contributed by atoms with van der Waals surface area (Å²) < 4.78 is 53.8. The summed E-state index contributed by atoms with van der Waals surface area (Å²) in [5.41, 5.74) is 0. The average Bonchev–Trinajstić information content (AvgIpc) is 2.86. The van der Waals surface area contributed by atoms with Crippen molar-refractivity contribution in [1.29, 1.82) is 0 Å². The van der Waals surface area contributed by atoms with Gasteiger partial charge in [-0.15, -0.1) is 11.3 Å². The molecule has 114 valence electrons. The second kappa shape index (κ2) is 6.05. The van der Waals surface area contributed by atoms with Gasteiger partial charge in [0.05, 0.1) is 6.54 Å². The largest absolute Gasteiger partial charge is 0.311 e. The minimum atomic E-state index is -3.68. The fourth-order valence-corrected chi connectivity index (χ4v) is 4.53. The van der Waals surface area contributed by atoms with Crippen molar-refractivity contribution in [1.82, 2.24) is 10.0 Å². The van der Waals surface area contributed by atoms with Gasteiger partial charge in [0.2, 0.25) is 10.0 Å². The highest BCUT2D eigenvalue weighted by Gasteiger charge is 2.41. The van der Waals surface area contributed by atoms with E-state index in [0.29, 0.717) is 6.54 Å². The van der Waals surface area contributed by atoms with Crippen molar-refractivity contribution in [2.24, 2.45) is 5.92 Å². The Morgan fingerprint density at radius 2 is 2.25 bits per heavy atom. The molecule has 1 aliphatic heterocycles. The first-order valence-corrected chi connectivity index (χ1v) is 8.82. The second-order valence-electron chi connectivity index (χ2n) is 4.85. The molecule has 1 aromatic rings. The third kappa shape index (κ3) is 3.55. The molecular weight excluding hydrogens is 306 g/mol. The van der Waals surface area contributed by atoms with Gasteiger partial charge in [-0.05, 0) is 31.5 Å². The summed E-state index contributed by atoms with van der Waals surface area (Å²) >= 11 is 1.18. The van der Waals surface area contributed by atoms with Crippen molar-refractivity contribution in [3.63, 3.8) is 0 Å². The lowest BCUT2D eigenvalue weighted by Gasteiger charge is -2.31. The molecule has 2 rings (SSSR count). The summed E-state index contributed by atoms with van der Waals surface area (Å²) in [6.07, 6.45) is 1.02. The maximum absolute atomic E-state index is 13.6. The number of aryl methyl sites for hydroxylation is 1. The molecule has 0 aliphatic carbocycles. The van der Waals surface area contributed by atoms with Gasteiger partial charge in [0, 0.05) is 17.3 Å². The number of nitrogens with one attached hydrogen (secondary N) is 2. The highest BCUT2D eigenvalue weighted by molar-refractivity contribution is 7.91. The van der Waals surface area contributed by atoms with Crippen LogP contribution in [0.5, 0.6) is 0 Å². The maximum Gasteiger partial charge on any atom is 0.264 e. The van der Waals surface area contributed by atoms with E-state index in [2.05, 4.69) is 10.0 Å². The fraction of sp³-hybridized carbons (Fsp3) is 0.667. The van der Waals surface area contributed by atoms with Crippen LogP contribution in [0.15, 0.2) is 16.3 Å². The van der Waals surface area contributed by atoms with Crippen LogP contribution in [-0.2, 0) is 16.4 Å². The smallest absolute Gasteiger partial charge is 0.264 e. The SMILES string of the molecule is CCc1ccc(S(=O)(=O)NCC2CCNCC2(F)F)s1. The number of halogens is 2. The van der Waals surface area contributed by atoms with Gasteiger partial charge in [0.25, 0.3) is 5.92 Å². The third-order valence-electron chi connectivity index (χ3n) is 3.40. The predicted octanol–water partition coefficient (Wildman–Crippen LogP) is 1.83. The summed E-state index contributed by atoms with van der Waals surface area (Å²) in [6, 6.07) is 3.27. The van der Waals surface area contributed by atoms with Gasteiger partial charge >= 0.3 is 0 Å². The average molecular weight is 324 g/mol. The molecule has 1 aromatic heterocycles. The van der Waals surface area contributed by atoms with Gasteiger partial charge in [-0.1, -0.05) is 6.92 Å². The Hall–Kier alpha value is -0.570. The van der Waals surface area contributed by atoms with Gasteiger partial charge < -0.3 is 5.32 Å². The van der Waals surface area contributed by atoms with Gasteiger partial charge in [-0.2, -0.15) is 0 Å². The van der Waals surface area contributed by atoms with Crippen LogP contribution < -0.4 is 10.0 Å². The highest BCUT2D eigenvalue weighted by Crippen LogP contribution is 2.29. The fourth-order valence-electron chi connectivity index (χ4n) is 2.11. The first-order chi connectivity index (χ1) is 9.35. The van der Waals surface area contributed by atoms with E-state index in [4.69, 9.17) is 0 Å². The van der Waals surface area contributed by atoms with Crippen LogP contribution in [0.1, 0.15) is 18.2 Å². The molecule has 2 N–H and O–H groups in total. The number of piperidine rings is 1. The minimum Gasteiger partial charge on any atom is -0.311 e. The van der Waals surface area contributed by atoms with E-state index in [-0.39, 0.29) is 17.2 Å². The molecule has 20 heavy (non-hydrogen) atoms. The van der Waals surface area contributed by atoms with Crippen LogP contribution in [0.25, 0.3) is 0 Å². The predicted molar refractivity (Wildman–Crippen MR) is 74.8 cm³/mol. The monoisotopic (exact) mass is 324 g/mol. The quantitative estimate of drug-likeness (QED) is 0.869. The molecule has 1 aliphatic rings. The van der Waals surface area contributed by atoms with Crippen LogP contribution in [0, 0.1) is 5.92 Å². The molecule has 0 saturated carbocycles. The minimum absolute atomic E-state index is 0.187. The van der Waals surface area contributed by atoms with Gasteiger partial charge in [-0.3, -0.25) is 0 Å². The van der Waals surface area contributed by atoms with Crippen LogP contribution in [0.4, 0.5) is 8.78 Å². The van der Waals surface area contributed by atoms with Crippen LogP contribution >= 0.6 is 11.3 Å². The summed E-state index contributed by atoms with van der Waals surface area (Å²) in [5.74, 6) is -3.82. The van der Waals surface area contributed by atoms with E-state index in [9.17, 15) is 17.2 Å². The zero-order chi connectivity index (χ0) is 14.8. The standard InChI is InChI=1S/C12H18F2N2O2S2/c1-2-10-3-4-11(19-10)20(17,18)16-7-9-5-6-15-8-12(9,13)14/h3-4,9,15-16H,2,5-8H2,1H3. The molecule has 0 amide bonds. The van der Waals surface area contributed by atoms with E-state index in [1.54, 1.807) is 6.07 Å². The first-order valence-electron chi connectivity index (χ1n) is 6.52. The number of thiophene rings is 1. The first kappa shape index (κ1) is 15.8. The molecule has 0 radical (unpaired) electrons. The van der Waals surface area contributed by atoms with Crippen LogP contribution in [-0.4, -0.2) is 34.0 Å². The lowest BCUT2D eigenvalue weighted by molar-refractivity contribution is -0.0703. The van der Waals surface area contributed by atoms with Crippen LogP contribution in [0.2, 0.25) is 0 Å². The molecule has 4 nitrogen and oxygen atoms in total. The van der Waals surface area contributed by atoms with E-state index >= 15 is 0 Å². The molecule has 0 aromatic carbocycles. The Bertz CT molecular complexity index is 558. The van der Waals surface area contributed by atoms with Crippen molar-refractivity contribution in [3.05, 3.63) is 17.0 Å². The van der Waals surface area contributed by atoms with Gasteiger partial charge in [0.15, 0.2) is 0 Å². The molecule has 0 bridgehead atoms. The molecule has 2 heterocycles. The van der Waals surface area contributed by atoms with Gasteiger partial charge in [-0.25, -0.2) is 21.9 Å². The number of rotatable bonds is 5. The molecule has 8 heteroatoms. The second-order valence-corrected chi connectivity index (χ2v) is 8.01. The van der Waals surface area contributed by atoms with Crippen molar-refractivity contribution in [2.75, 3.05) is 19.6 Å². The van der Waals surface area contributed by atoms with Crippen molar-refractivity contribution < 1.29 is 17.2 Å². The van der Waals surface area contributed by atoms with Crippen LogP contribution in [0.3, 0.4) is 0 Å². The number of hydrogen-bond donors (Lipinski definition) is 2. The third-order valence-corrected chi connectivity index (χ3v) is 6.54. The lowest BCUT2D eigenvalue weighted by Crippen LogP contribution is -2.50. The summed E-state index contributed by atoms with van der Waals surface area (Å²) in [6.45, 7) is 1.81. The van der Waals surface area contributed by atoms with Crippen molar-refractivity contribution >= 4 is 21.4 Å². The van der Waals surface area contributed by atoms with E-state index in [0.717, 1.165) is 11.3 Å². The Morgan fingerprint density at radius 3 is 2.85 bits per heavy atom.